The number of benzene rings is 1. The number of ether oxygens (including phenoxy) is 1. The second kappa shape index (κ2) is 4.77. The molecular formula is C11H9N3O5. The van der Waals surface area contributed by atoms with Crippen molar-refractivity contribution in [3.05, 3.63) is 46.1 Å². The first-order chi connectivity index (χ1) is 9.02. The maximum atomic E-state index is 11.1. The quantitative estimate of drug-likeness (QED) is 0.661. The van der Waals surface area contributed by atoms with Gasteiger partial charge in [-0.05, 0) is 17.1 Å². The molecule has 1 aromatic carbocycles. The number of rotatable bonds is 4. The third-order valence-electron chi connectivity index (χ3n) is 2.44. The Morgan fingerprint density at radius 1 is 1.47 bits per heavy atom. The van der Waals surface area contributed by atoms with Crippen LogP contribution in [0.2, 0.25) is 0 Å². The molecule has 8 heteroatoms. The molecule has 0 saturated carbocycles. The zero-order valence-electron chi connectivity index (χ0n) is 9.81. The van der Waals surface area contributed by atoms with E-state index in [0.717, 1.165) is 4.68 Å². The van der Waals surface area contributed by atoms with Crippen molar-refractivity contribution >= 4 is 11.8 Å². The molecule has 8 nitrogen and oxygen atoms in total. The van der Waals surface area contributed by atoms with Crippen LogP contribution in [0, 0.1) is 10.1 Å². The number of nitrogens with zero attached hydrogens (tertiary/aromatic N) is 3. The van der Waals surface area contributed by atoms with Crippen LogP contribution < -0.4 is 4.74 Å². The average molecular weight is 263 g/mol. The lowest BCUT2D eigenvalue weighted by Gasteiger charge is -2.05. The zero-order chi connectivity index (χ0) is 14.0. The van der Waals surface area contributed by atoms with Gasteiger partial charge < -0.3 is 20.0 Å². The van der Waals surface area contributed by atoms with Crippen LogP contribution >= 0.6 is 0 Å². The van der Waals surface area contributed by atoms with E-state index >= 15 is 0 Å². The van der Waals surface area contributed by atoms with E-state index in [0.29, 0.717) is 5.75 Å². The molecule has 0 atom stereocenters. The third kappa shape index (κ3) is 2.37. The van der Waals surface area contributed by atoms with Gasteiger partial charge in [-0.3, -0.25) is 0 Å². The van der Waals surface area contributed by atoms with E-state index in [9.17, 15) is 14.9 Å². The number of aromatic carboxylic acids is 1. The van der Waals surface area contributed by atoms with Gasteiger partial charge in [0.05, 0.1) is 30.0 Å². The van der Waals surface area contributed by atoms with E-state index in [-0.39, 0.29) is 17.1 Å². The summed E-state index contributed by atoms with van der Waals surface area (Å²) < 4.78 is 6.13. The molecule has 0 amide bonds. The summed E-state index contributed by atoms with van der Waals surface area (Å²) in [5, 5.41) is 23.4. The molecule has 1 N–H and O–H groups in total. The summed E-state index contributed by atoms with van der Waals surface area (Å²) in [5.74, 6) is -1.09. The van der Waals surface area contributed by atoms with E-state index in [1.807, 2.05) is 0 Å². The van der Waals surface area contributed by atoms with Crippen LogP contribution in [0.3, 0.4) is 0 Å². The van der Waals surface area contributed by atoms with Crippen LogP contribution in [0.25, 0.3) is 5.69 Å². The van der Waals surface area contributed by atoms with Crippen molar-refractivity contribution in [1.82, 2.24) is 9.78 Å². The van der Waals surface area contributed by atoms with Crippen molar-refractivity contribution in [1.29, 1.82) is 0 Å². The van der Waals surface area contributed by atoms with Gasteiger partial charge in [0, 0.05) is 6.07 Å². The molecule has 0 aliphatic heterocycles. The van der Waals surface area contributed by atoms with Gasteiger partial charge in [-0.2, -0.15) is 0 Å². The highest BCUT2D eigenvalue weighted by Crippen LogP contribution is 2.22. The summed E-state index contributed by atoms with van der Waals surface area (Å²) in [6.07, 6.45) is 1.32. The van der Waals surface area contributed by atoms with E-state index < -0.39 is 10.9 Å². The van der Waals surface area contributed by atoms with Crippen molar-refractivity contribution < 1.29 is 19.6 Å². The monoisotopic (exact) mass is 263 g/mol. The number of methoxy groups -OCH3 is 1. The smallest absolute Gasteiger partial charge is 0.390 e. The summed E-state index contributed by atoms with van der Waals surface area (Å²) in [5.41, 5.74) is 0.166. The van der Waals surface area contributed by atoms with Crippen LogP contribution in [0.4, 0.5) is 5.82 Å². The van der Waals surface area contributed by atoms with E-state index in [1.165, 1.54) is 37.6 Å². The number of nitro groups is 1. The Kier molecular flexibility index (Phi) is 3.15. The molecule has 0 fully saturated rings. The summed E-state index contributed by atoms with van der Waals surface area (Å²) >= 11 is 0. The highest BCUT2D eigenvalue weighted by Gasteiger charge is 2.18. The van der Waals surface area contributed by atoms with Crippen molar-refractivity contribution in [2.75, 3.05) is 7.11 Å². The van der Waals surface area contributed by atoms with Crippen LogP contribution in [0.5, 0.6) is 5.75 Å². The standard InChI is InChI=1S/C11H9N3O5/c1-19-7-2-3-8(11(15)16)9(6-7)13-5-4-10(12-13)14(17)18/h2-6H,1H3,(H,15,16). The van der Waals surface area contributed by atoms with E-state index in [2.05, 4.69) is 5.10 Å². The zero-order valence-corrected chi connectivity index (χ0v) is 9.81. The minimum atomic E-state index is -1.16. The molecule has 1 aromatic heterocycles. The van der Waals surface area contributed by atoms with Crippen LogP contribution in [-0.4, -0.2) is 32.9 Å². The Labute approximate surface area is 107 Å². The number of carboxylic acid groups (broad SMARTS) is 1. The molecule has 0 aliphatic carbocycles. The lowest BCUT2D eigenvalue weighted by atomic mass is 10.1. The molecule has 0 spiro atoms. The minimum absolute atomic E-state index is 0.0289. The SMILES string of the molecule is COc1ccc(C(=O)O)c(-n2ccc([N+](=O)[O-])n2)c1. The predicted octanol–water partition coefficient (Wildman–Crippen LogP) is 1.49. The summed E-state index contributed by atoms with van der Waals surface area (Å²) in [4.78, 5) is 21.0. The average Bonchev–Trinajstić information content (AvgIpc) is 2.87. The molecule has 19 heavy (non-hydrogen) atoms. The Bertz CT molecular complexity index is 650. The molecule has 2 aromatic rings. The number of carbonyl (C=O) groups is 1. The first kappa shape index (κ1) is 12.6. The molecule has 0 saturated heterocycles. The van der Waals surface area contributed by atoms with Gasteiger partial charge in [0.1, 0.15) is 11.4 Å². The van der Waals surface area contributed by atoms with Crippen LogP contribution in [0.15, 0.2) is 30.5 Å². The predicted molar refractivity (Wildman–Crippen MR) is 63.7 cm³/mol. The Hall–Kier alpha value is -2.90. The number of aromatic nitrogens is 2. The van der Waals surface area contributed by atoms with Gasteiger partial charge in [0.25, 0.3) is 0 Å². The summed E-state index contributed by atoms with van der Waals surface area (Å²) in [7, 11) is 1.44. The van der Waals surface area contributed by atoms with Gasteiger partial charge in [-0.1, -0.05) is 0 Å². The molecule has 2 rings (SSSR count). The fourth-order valence-electron chi connectivity index (χ4n) is 1.55. The Morgan fingerprint density at radius 2 is 2.21 bits per heavy atom. The Morgan fingerprint density at radius 3 is 2.74 bits per heavy atom. The first-order valence-corrected chi connectivity index (χ1v) is 5.14. The molecule has 1 heterocycles. The third-order valence-corrected chi connectivity index (χ3v) is 2.44. The highest BCUT2D eigenvalue weighted by atomic mass is 16.6. The molecule has 0 bridgehead atoms. The number of hydrogen-bond donors (Lipinski definition) is 1. The minimum Gasteiger partial charge on any atom is -0.497 e. The molecule has 0 unspecified atom stereocenters. The van der Waals surface area contributed by atoms with Gasteiger partial charge in [0.15, 0.2) is 0 Å². The Balaban J connectivity index is 2.57. The van der Waals surface area contributed by atoms with Crippen molar-refractivity contribution in [2.24, 2.45) is 0 Å². The molecular weight excluding hydrogens is 254 g/mol. The lowest BCUT2D eigenvalue weighted by molar-refractivity contribution is -0.389. The molecule has 0 radical (unpaired) electrons. The maximum absolute atomic E-state index is 11.1. The van der Waals surface area contributed by atoms with Crippen molar-refractivity contribution in [3.8, 4) is 11.4 Å². The van der Waals surface area contributed by atoms with Gasteiger partial charge in [0.2, 0.25) is 0 Å². The second-order valence-electron chi connectivity index (χ2n) is 3.56. The summed E-state index contributed by atoms with van der Waals surface area (Å²) in [6, 6.07) is 5.47. The number of hydrogen-bond acceptors (Lipinski definition) is 5. The highest BCUT2D eigenvalue weighted by molar-refractivity contribution is 5.92. The van der Waals surface area contributed by atoms with Gasteiger partial charge in [-0.25, -0.2) is 4.79 Å². The fourth-order valence-corrected chi connectivity index (χ4v) is 1.55. The van der Waals surface area contributed by atoms with Crippen LogP contribution in [0.1, 0.15) is 10.4 Å². The van der Waals surface area contributed by atoms with Gasteiger partial charge >= 0.3 is 11.8 Å². The van der Waals surface area contributed by atoms with Gasteiger partial charge in [-0.15, -0.1) is 4.68 Å². The second-order valence-corrected chi connectivity index (χ2v) is 3.56. The maximum Gasteiger partial charge on any atom is 0.390 e. The number of carboxylic acids is 1. The van der Waals surface area contributed by atoms with E-state index in [4.69, 9.17) is 9.84 Å². The lowest BCUT2D eigenvalue weighted by Crippen LogP contribution is -2.06. The topological polar surface area (TPSA) is 107 Å². The largest absolute Gasteiger partial charge is 0.497 e. The van der Waals surface area contributed by atoms with Crippen LogP contribution in [-0.2, 0) is 0 Å². The molecule has 98 valence electrons. The van der Waals surface area contributed by atoms with E-state index in [1.54, 1.807) is 0 Å². The first-order valence-electron chi connectivity index (χ1n) is 5.14. The van der Waals surface area contributed by atoms with Crippen molar-refractivity contribution in [2.45, 2.75) is 0 Å². The normalized spacial score (nSPS) is 10.2. The fraction of sp³-hybridized carbons (Fsp3) is 0.0909. The summed E-state index contributed by atoms with van der Waals surface area (Å²) in [6.45, 7) is 0. The molecule has 0 aliphatic rings. The van der Waals surface area contributed by atoms with Crippen molar-refractivity contribution in [3.63, 3.8) is 0 Å².